The van der Waals surface area contributed by atoms with Gasteiger partial charge in [0.2, 0.25) is 5.88 Å². The summed E-state index contributed by atoms with van der Waals surface area (Å²) in [6.45, 7) is 0. The first-order valence-electron chi connectivity index (χ1n) is 6.23. The Bertz CT molecular complexity index is 807. The minimum atomic E-state index is 0.492. The minimum Gasteiger partial charge on any atom is -0.497 e. The molecule has 3 aromatic rings. The molecule has 0 fully saturated rings. The number of rotatable bonds is 3. The van der Waals surface area contributed by atoms with Gasteiger partial charge in [0.05, 0.1) is 12.1 Å². The van der Waals surface area contributed by atoms with Crippen LogP contribution >= 0.6 is 27.5 Å². The maximum Gasteiger partial charge on any atom is 0.227 e. The average molecular weight is 365 g/mol. The second-order valence-electron chi connectivity index (χ2n) is 4.38. The van der Waals surface area contributed by atoms with Crippen molar-refractivity contribution in [2.45, 2.75) is 0 Å². The molecule has 3 nitrogen and oxygen atoms in total. The molecule has 2 aromatic carbocycles. The number of methoxy groups -OCH3 is 1. The van der Waals surface area contributed by atoms with E-state index in [1.165, 1.54) is 0 Å². The van der Waals surface area contributed by atoms with Crippen molar-refractivity contribution >= 4 is 38.3 Å². The maximum absolute atomic E-state index is 6.16. The van der Waals surface area contributed by atoms with E-state index in [-0.39, 0.29) is 0 Å². The number of pyridine rings is 1. The first-order chi connectivity index (χ1) is 10.2. The molecule has 0 aliphatic carbocycles. The quantitative estimate of drug-likeness (QED) is 0.619. The van der Waals surface area contributed by atoms with Crippen LogP contribution in [0.2, 0.25) is 5.02 Å². The van der Waals surface area contributed by atoms with Crippen LogP contribution in [0.1, 0.15) is 0 Å². The summed E-state index contributed by atoms with van der Waals surface area (Å²) in [5.74, 6) is 1.79. The van der Waals surface area contributed by atoms with Crippen LogP contribution in [0.3, 0.4) is 0 Å². The summed E-state index contributed by atoms with van der Waals surface area (Å²) in [6, 6.07) is 13.1. The zero-order valence-electron chi connectivity index (χ0n) is 11.1. The normalized spacial score (nSPS) is 10.6. The predicted octanol–water partition coefficient (Wildman–Crippen LogP) is 5.45. The highest BCUT2D eigenvalue weighted by Gasteiger charge is 2.09. The third kappa shape index (κ3) is 2.96. The molecule has 106 valence electrons. The Balaban J connectivity index is 2.09. The van der Waals surface area contributed by atoms with E-state index < -0.39 is 0 Å². The summed E-state index contributed by atoms with van der Waals surface area (Å²) in [4.78, 5) is 4.30. The van der Waals surface area contributed by atoms with Crippen molar-refractivity contribution in [1.29, 1.82) is 0 Å². The van der Waals surface area contributed by atoms with Gasteiger partial charge >= 0.3 is 0 Å². The largest absolute Gasteiger partial charge is 0.497 e. The second kappa shape index (κ2) is 5.92. The van der Waals surface area contributed by atoms with E-state index in [9.17, 15) is 0 Å². The van der Waals surface area contributed by atoms with Crippen LogP contribution in [0.15, 0.2) is 53.1 Å². The number of benzene rings is 2. The lowest BCUT2D eigenvalue weighted by molar-refractivity contribution is 0.415. The van der Waals surface area contributed by atoms with Crippen LogP contribution in [0.5, 0.6) is 17.4 Å². The molecule has 0 spiro atoms. The van der Waals surface area contributed by atoms with Gasteiger partial charge in [-0.15, -0.1) is 0 Å². The molecule has 21 heavy (non-hydrogen) atoms. The molecule has 1 aromatic heterocycles. The Hall–Kier alpha value is -1.78. The molecular weight excluding hydrogens is 354 g/mol. The molecule has 0 bridgehead atoms. The van der Waals surface area contributed by atoms with Gasteiger partial charge in [-0.05, 0) is 41.8 Å². The van der Waals surface area contributed by atoms with Gasteiger partial charge < -0.3 is 9.47 Å². The van der Waals surface area contributed by atoms with E-state index in [0.29, 0.717) is 16.7 Å². The number of hydrogen-bond donors (Lipinski definition) is 0. The average Bonchev–Trinajstić information content (AvgIpc) is 2.51. The Kier molecular flexibility index (Phi) is 3.99. The molecule has 0 aliphatic heterocycles. The molecule has 0 amide bonds. The van der Waals surface area contributed by atoms with Gasteiger partial charge in [0.1, 0.15) is 11.5 Å². The Morgan fingerprint density at radius 3 is 2.76 bits per heavy atom. The van der Waals surface area contributed by atoms with E-state index in [1.54, 1.807) is 19.4 Å². The fraction of sp³-hybridized carbons (Fsp3) is 0.0625. The topological polar surface area (TPSA) is 31.4 Å². The summed E-state index contributed by atoms with van der Waals surface area (Å²) >= 11 is 9.56. The molecule has 0 aliphatic rings. The summed E-state index contributed by atoms with van der Waals surface area (Å²) in [6.07, 6.45) is 1.70. The van der Waals surface area contributed by atoms with Crippen LogP contribution in [0.25, 0.3) is 10.8 Å². The number of ether oxygens (including phenoxy) is 2. The lowest BCUT2D eigenvalue weighted by Gasteiger charge is -2.10. The Labute approximate surface area is 135 Å². The summed E-state index contributed by atoms with van der Waals surface area (Å²) in [7, 11) is 1.63. The minimum absolute atomic E-state index is 0.492. The summed E-state index contributed by atoms with van der Waals surface area (Å²) in [5, 5.41) is 2.42. The number of hydrogen-bond acceptors (Lipinski definition) is 3. The fourth-order valence-corrected chi connectivity index (χ4v) is 2.48. The molecule has 0 atom stereocenters. The molecule has 5 heteroatoms. The fourth-order valence-electron chi connectivity index (χ4n) is 1.99. The molecule has 0 saturated heterocycles. The lowest BCUT2D eigenvalue weighted by atomic mass is 10.1. The monoisotopic (exact) mass is 363 g/mol. The van der Waals surface area contributed by atoms with E-state index >= 15 is 0 Å². The van der Waals surface area contributed by atoms with Gasteiger partial charge in [-0.2, -0.15) is 0 Å². The van der Waals surface area contributed by atoms with E-state index in [4.69, 9.17) is 21.1 Å². The third-order valence-corrected chi connectivity index (χ3v) is 3.84. The first kappa shape index (κ1) is 14.2. The lowest BCUT2D eigenvalue weighted by Crippen LogP contribution is -1.91. The first-order valence-corrected chi connectivity index (χ1v) is 7.40. The molecule has 0 unspecified atom stereocenters. The maximum atomic E-state index is 6.16. The second-order valence-corrected chi connectivity index (χ2v) is 5.70. The van der Waals surface area contributed by atoms with E-state index in [2.05, 4.69) is 20.9 Å². The third-order valence-electron chi connectivity index (χ3n) is 3.04. The SMILES string of the molecule is COc1ccc2ccnc(Oc3cc(Br)ccc3Cl)c2c1. The molecule has 0 N–H and O–H groups in total. The van der Waals surface area contributed by atoms with Crippen molar-refractivity contribution in [3.63, 3.8) is 0 Å². The smallest absolute Gasteiger partial charge is 0.227 e. The molecule has 0 saturated carbocycles. The summed E-state index contributed by atoms with van der Waals surface area (Å²) < 4.78 is 12.0. The van der Waals surface area contributed by atoms with Crippen molar-refractivity contribution in [1.82, 2.24) is 4.98 Å². The summed E-state index contributed by atoms with van der Waals surface area (Å²) in [5.41, 5.74) is 0. The van der Waals surface area contributed by atoms with Crippen LogP contribution in [0, 0.1) is 0 Å². The van der Waals surface area contributed by atoms with Crippen LogP contribution in [-0.4, -0.2) is 12.1 Å². The highest BCUT2D eigenvalue weighted by atomic mass is 79.9. The predicted molar refractivity (Wildman–Crippen MR) is 87.5 cm³/mol. The van der Waals surface area contributed by atoms with Gasteiger partial charge in [-0.25, -0.2) is 4.98 Å². The van der Waals surface area contributed by atoms with Crippen LogP contribution in [-0.2, 0) is 0 Å². The van der Waals surface area contributed by atoms with E-state index in [1.807, 2.05) is 36.4 Å². The standard InChI is InChI=1S/C16H11BrClNO2/c1-20-12-4-2-10-6-7-19-16(13(10)9-12)21-15-8-11(17)3-5-14(15)18/h2-9H,1H3. The molecule has 1 heterocycles. The van der Waals surface area contributed by atoms with Crippen molar-refractivity contribution in [3.05, 3.63) is 58.2 Å². The highest BCUT2D eigenvalue weighted by molar-refractivity contribution is 9.10. The molecular formula is C16H11BrClNO2. The Morgan fingerprint density at radius 1 is 1.10 bits per heavy atom. The highest BCUT2D eigenvalue weighted by Crippen LogP contribution is 2.35. The number of nitrogens with zero attached hydrogens (tertiary/aromatic N) is 1. The van der Waals surface area contributed by atoms with Crippen LogP contribution in [0.4, 0.5) is 0 Å². The van der Waals surface area contributed by atoms with Gasteiger partial charge in [-0.3, -0.25) is 0 Å². The van der Waals surface area contributed by atoms with Gasteiger partial charge in [-0.1, -0.05) is 33.6 Å². The zero-order chi connectivity index (χ0) is 14.8. The molecule has 3 rings (SSSR count). The van der Waals surface area contributed by atoms with Crippen LogP contribution < -0.4 is 9.47 Å². The van der Waals surface area contributed by atoms with E-state index in [0.717, 1.165) is 21.0 Å². The molecule has 0 radical (unpaired) electrons. The van der Waals surface area contributed by atoms with Crippen molar-refractivity contribution in [2.75, 3.05) is 7.11 Å². The van der Waals surface area contributed by atoms with Gasteiger partial charge in [0.15, 0.2) is 0 Å². The van der Waals surface area contributed by atoms with Crippen molar-refractivity contribution < 1.29 is 9.47 Å². The van der Waals surface area contributed by atoms with Gasteiger partial charge in [0, 0.05) is 16.1 Å². The van der Waals surface area contributed by atoms with Gasteiger partial charge in [0.25, 0.3) is 0 Å². The number of aromatic nitrogens is 1. The zero-order valence-corrected chi connectivity index (χ0v) is 13.5. The van der Waals surface area contributed by atoms with Crippen molar-refractivity contribution in [2.24, 2.45) is 0 Å². The Morgan fingerprint density at radius 2 is 1.95 bits per heavy atom. The number of fused-ring (bicyclic) bond motifs is 1. The van der Waals surface area contributed by atoms with Crippen molar-refractivity contribution in [3.8, 4) is 17.4 Å². The number of halogens is 2.